The van der Waals surface area contributed by atoms with E-state index in [1.807, 2.05) is 18.3 Å². The highest BCUT2D eigenvalue weighted by molar-refractivity contribution is 5.31. The Balaban J connectivity index is 1.50. The maximum Gasteiger partial charge on any atom is 0.225 e. The molecule has 2 aromatic rings. The van der Waals surface area contributed by atoms with Gasteiger partial charge in [0.15, 0.2) is 0 Å². The molecule has 0 spiro atoms. The van der Waals surface area contributed by atoms with Gasteiger partial charge in [0.05, 0.1) is 26.0 Å². The molecular weight excluding hydrogens is 378 g/mol. The Bertz CT molecular complexity index is 786. The Morgan fingerprint density at radius 2 is 1.77 bits per heavy atom. The van der Waals surface area contributed by atoms with Crippen molar-refractivity contribution in [1.29, 1.82) is 0 Å². The SMILES string of the molecule is COc1ccc(CN(Cc2ccnc(N3CCOCC3)n2)C2CCN(C)CC2)cc1. The number of aromatic nitrogens is 2. The molecule has 7 heteroatoms. The summed E-state index contributed by atoms with van der Waals surface area (Å²) in [6.45, 7) is 7.23. The molecule has 0 aliphatic carbocycles. The highest BCUT2D eigenvalue weighted by atomic mass is 16.5. The van der Waals surface area contributed by atoms with E-state index in [9.17, 15) is 0 Å². The lowest BCUT2D eigenvalue weighted by molar-refractivity contribution is 0.106. The van der Waals surface area contributed by atoms with Crippen molar-refractivity contribution in [2.75, 3.05) is 58.5 Å². The van der Waals surface area contributed by atoms with Gasteiger partial charge in [-0.15, -0.1) is 0 Å². The van der Waals surface area contributed by atoms with Crippen LogP contribution in [-0.4, -0.2) is 79.4 Å². The van der Waals surface area contributed by atoms with Gasteiger partial charge in [-0.1, -0.05) is 12.1 Å². The molecule has 2 aliphatic heterocycles. The molecule has 2 fully saturated rings. The summed E-state index contributed by atoms with van der Waals surface area (Å²) < 4.78 is 10.8. The summed E-state index contributed by atoms with van der Waals surface area (Å²) in [5.41, 5.74) is 2.39. The minimum atomic E-state index is 0.560. The highest BCUT2D eigenvalue weighted by Crippen LogP contribution is 2.22. The lowest BCUT2D eigenvalue weighted by atomic mass is 10.0. The molecule has 162 valence electrons. The molecule has 0 amide bonds. The highest BCUT2D eigenvalue weighted by Gasteiger charge is 2.24. The summed E-state index contributed by atoms with van der Waals surface area (Å²) in [7, 11) is 3.92. The third-order valence-corrected chi connectivity index (χ3v) is 6.11. The molecule has 0 unspecified atom stereocenters. The average Bonchev–Trinajstić information content (AvgIpc) is 2.80. The van der Waals surface area contributed by atoms with Gasteiger partial charge >= 0.3 is 0 Å². The fourth-order valence-corrected chi connectivity index (χ4v) is 4.24. The normalized spacial score (nSPS) is 18.7. The van der Waals surface area contributed by atoms with Crippen LogP contribution in [0.1, 0.15) is 24.1 Å². The molecule has 3 heterocycles. The fourth-order valence-electron chi connectivity index (χ4n) is 4.24. The summed E-state index contributed by atoms with van der Waals surface area (Å²) in [5.74, 6) is 1.72. The van der Waals surface area contributed by atoms with Crippen molar-refractivity contribution in [2.45, 2.75) is 32.0 Å². The van der Waals surface area contributed by atoms with Crippen LogP contribution in [0.2, 0.25) is 0 Å². The zero-order valence-electron chi connectivity index (χ0n) is 18.2. The molecule has 7 nitrogen and oxygen atoms in total. The van der Waals surface area contributed by atoms with Gasteiger partial charge in [0.25, 0.3) is 0 Å². The molecule has 0 bridgehead atoms. The van der Waals surface area contributed by atoms with Crippen molar-refractivity contribution < 1.29 is 9.47 Å². The molecule has 0 N–H and O–H groups in total. The lowest BCUT2D eigenvalue weighted by Crippen LogP contribution is -2.43. The number of morpholine rings is 1. The number of methoxy groups -OCH3 is 1. The standard InChI is InChI=1S/C23H33N5O2/c1-26-11-8-21(9-12-26)28(17-19-3-5-22(29-2)6-4-19)18-20-7-10-24-23(25-20)27-13-15-30-16-14-27/h3-7,10,21H,8-9,11-18H2,1-2H3. The van der Waals surface area contributed by atoms with Gasteiger partial charge in [-0.3, -0.25) is 4.90 Å². The largest absolute Gasteiger partial charge is 0.497 e. The maximum absolute atomic E-state index is 5.47. The number of hydrogen-bond acceptors (Lipinski definition) is 7. The van der Waals surface area contributed by atoms with Gasteiger partial charge in [0.2, 0.25) is 5.95 Å². The Hall–Kier alpha value is -2.22. The van der Waals surface area contributed by atoms with Gasteiger partial charge in [-0.25, -0.2) is 9.97 Å². The van der Waals surface area contributed by atoms with Crippen molar-refractivity contribution in [1.82, 2.24) is 19.8 Å². The van der Waals surface area contributed by atoms with Gasteiger partial charge in [-0.05, 0) is 56.7 Å². The molecule has 1 aromatic heterocycles. The predicted molar refractivity (Wildman–Crippen MR) is 118 cm³/mol. The first-order valence-electron chi connectivity index (χ1n) is 10.9. The average molecular weight is 412 g/mol. The first-order valence-corrected chi connectivity index (χ1v) is 10.9. The van der Waals surface area contributed by atoms with Gasteiger partial charge < -0.3 is 19.3 Å². The number of nitrogens with zero attached hydrogens (tertiary/aromatic N) is 5. The third kappa shape index (κ3) is 5.47. The molecule has 1 aromatic carbocycles. The summed E-state index contributed by atoms with van der Waals surface area (Å²) in [5, 5.41) is 0. The van der Waals surface area contributed by atoms with Gasteiger partial charge in [0.1, 0.15) is 5.75 Å². The molecule has 2 saturated heterocycles. The molecule has 0 atom stereocenters. The van der Waals surface area contributed by atoms with E-state index in [0.29, 0.717) is 6.04 Å². The Morgan fingerprint density at radius 3 is 2.47 bits per heavy atom. The maximum atomic E-state index is 5.47. The van der Waals surface area contributed by atoms with Crippen LogP contribution in [0, 0.1) is 0 Å². The van der Waals surface area contributed by atoms with E-state index in [2.05, 4.69) is 44.9 Å². The quantitative estimate of drug-likeness (QED) is 0.694. The first kappa shape index (κ1) is 21.0. The van der Waals surface area contributed by atoms with Crippen LogP contribution in [0.25, 0.3) is 0 Å². The van der Waals surface area contributed by atoms with Crippen LogP contribution in [-0.2, 0) is 17.8 Å². The number of ether oxygens (including phenoxy) is 2. The molecule has 2 aliphatic rings. The van der Waals surface area contributed by atoms with E-state index in [4.69, 9.17) is 14.5 Å². The van der Waals surface area contributed by atoms with E-state index < -0.39 is 0 Å². The monoisotopic (exact) mass is 411 g/mol. The molecular formula is C23H33N5O2. The van der Waals surface area contributed by atoms with Crippen LogP contribution < -0.4 is 9.64 Å². The molecule has 30 heavy (non-hydrogen) atoms. The topological polar surface area (TPSA) is 54.0 Å². The third-order valence-electron chi connectivity index (χ3n) is 6.11. The van der Waals surface area contributed by atoms with Crippen LogP contribution in [0.4, 0.5) is 5.95 Å². The summed E-state index contributed by atoms with van der Waals surface area (Å²) in [4.78, 5) is 16.6. The Kier molecular flexibility index (Phi) is 7.15. The van der Waals surface area contributed by atoms with E-state index in [0.717, 1.165) is 69.9 Å². The summed E-state index contributed by atoms with van der Waals surface area (Å²) in [6, 6.07) is 11.0. The fraction of sp³-hybridized carbons (Fsp3) is 0.565. The minimum absolute atomic E-state index is 0.560. The van der Waals surface area contributed by atoms with E-state index >= 15 is 0 Å². The number of likely N-dealkylation sites (tertiary alicyclic amines) is 1. The smallest absolute Gasteiger partial charge is 0.225 e. The van der Waals surface area contributed by atoms with Crippen molar-refractivity contribution in [3.63, 3.8) is 0 Å². The Labute approximate surface area is 179 Å². The Morgan fingerprint density at radius 1 is 1.03 bits per heavy atom. The molecule has 0 radical (unpaired) electrons. The second kappa shape index (κ2) is 10.2. The number of anilines is 1. The van der Waals surface area contributed by atoms with Gasteiger partial charge in [0, 0.05) is 38.4 Å². The van der Waals surface area contributed by atoms with Crippen molar-refractivity contribution >= 4 is 5.95 Å². The van der Waals surface area contributed by atoms with E-state index in [-0.39, 0.29) is 0 Å². The second-order valence-corrected chi connectivity index (χ2v) is 8.23. The number of benzene rings is 1. The van der Waals surface area contributed by atoms with Crippen molar-refractivity contribution in [3.8, 4) is 5.75 Å². The van der Waals surface area contributed by atoms with Crippen molar-refractivity contribution in [3.05, 3.63) is 47.8 Å². The lowest BCUT2D eigenvalue weighted by Gasteiger charge is -2.37. The molecule has 4 rings (SSSR count). The molecule has 0 saturated carbocycles. The number of piperidine rings is 1. The number of hydrogen-bond donors (Lipinski definition) is 0. The zero-order chi connectivity index (χ0) is 20.8. The summed E-state index contributed by atoms with van der Waals surface area (Å²) in [6.07, 6.45) is 4.27. The van der Waals surface area contributed by atoms with E-state index in [1.165, 1.54) is 18.4 Å². The minimum Gasteiger partial charge on any atom is -0.497 e. The predicted octanol–water partition coefficient (Wildman–Crippen LogP) is 2.42. The van der Waals surface area contributed by atoms with E-state index in [1.54, 1.807) is 7.11 Å². The first-order chi connectivity index (χ1) is 14.7. The number of rotatable bonds is 7. The van der Waals surface area contributed by atoms with Crippen molar-refractivity contribution in [2.24, 2.45) is 0 Å². The second-order valence-electron chi connectivity index (χ2n) is 8.23. The van der Waals surface area contributed by atoms with Crippen LogP contribution in [0.3, 0.4) is 0 Å². The van der Waals surface area contributed by atoms with Crippen LogP contribution >= 0.6 is 0 Å². The van der Waals surface area contributed by atoms with Crippen LogP contribution in [0.5, 0.6) is 5.75 Å². The zero-order valence-corrected chi connectivity index (χ0v) is 18.2. The summed E-state index contributed by atoms with van der Waals surface area (Å²) >= 11 is 0. The van der Waals surface area contributed by atoms with Crippen LogP contribution in [0.15, 0.2) is 36.5 Å². The van der Waals surface area contributed by atoms with Gasteiger partial charge in [-0.2, -0.15) is 0 Å².